The summed E-state index contributed by atoms with van der Waals surface area (Å²) in [7, 11) is -3.58. The summed E-state index contributed by atoms with van der Waals surface area (Å²) in [6.45, 7) is 8.89. The van der Waals surface area contributed by atoms with Gasteiger partial charge in [0.1, 0.15) is 17.4 Å². The Balaban J connectivity index is 1.28. The monoisotopic (exact) mass is 559 g/mol. The van der Waals surface area contributed by atoms with Crippen molar-refractivity contribution >= 4 is 32.4 Å². The summed E-state index contributed by atoms with van der Waals surface area (Å²) >= 11 is 0. The number of aromatic nitrogens is 2. The molecule has 210 valence electrons. The van der Waals surface area contributed by atoms with Gasteiger partial charge in [-0.15, -0.1) is 0 Å². The number of nitrogens with one attached hydrogen (secondary N) is 1. The van der Waals surface area contributed by atoms with Gasteiger partial charge in [-0.25, -0.2) is 18.4 Å². The molecule has 0 saturated carbocycles. The number of hydrogen-bond acceptors (Lipinski definition) is 7. The van der Waals surface area contributed by atoms with Crippen molar-refractivity contribution in [2.24, 2.45) is 0 Å². The normalized spacial score (nSPS) is 15.7. The number of ether oxygens (including phenoxy) is 1. The minimum absolute atomic E-state index is 0.0763. The van der Waals surface area contributed by atoms with Gasteiger partial charge >= 0.3 is 0 Å². The SMILES string of the molecule is CCCCOc1ccc(S(=O)(=O)N2CCN([C@@H](C)c3nc(Nc4ccc(C)cc4)c4ccccc4n3)CC2)cc1. The van der Waals surface area contributed by atoms with Crippen molar-refractivity contribution in [3.63, 3.8) is 0 Å². The highest BCUT2D eigenvalue weighted by Gasteiger charge is 2.31. The van der Waals surface area contributed by atoms with Crippen LogP contribution in [0, 0.1) is 6.92 Å². The minimum atomic E-state index is -3.58. The van der Waals surface area contributed by atoms with Gasteiger partial charge in [-0.05, 0) is 68.8 Å². The maximum atomic E-state index is 13.3. The number of piperazine rings is 1. The fourth-order valence-corrected chi connectivity index (χ4v) is 6.26. The summed E-state index contributed by atoms with van der Waals surface area (Å²) in [5.74, 6) is 2.17. The number of aryl methyl sites for hydroxylation is 1. The van der Waals surface area contributed by atoms with Crippen molar-refractivity contribution in [2.45, 2.75) is 44.6 Å². The molecule has 0 radical (unpaired) electrons. The van der Waals surface area contributed by atoms with Crippen molar-refractivity contribution in [3.05, 3.63) is 84.2 Å². The zero-order valence-corrected chi connectivity index (χ0v) is 24.2. The molecule has 40 heavy (non-hydrogen) atoms. The molecular formula is C31H37N5O3S. The first-order valence-corrected chi connectivity index (χ1v) is 15.4. The van der Waals surface area contributed by atoms with Gasteiger partial charge in [-0.1, -0.05) is 43.2 Å². The summed E-state index contributed by atoms with van der Waals surface area (Å²) in [6, 6.07) is 22.9. The Morgan fingerprint density at radius 1 is 0.925 bits per heavy atom. The first-order chi connectivity index (χ1) is 19.3. The molecule has 2 heterocycles. The van der Waals surface area contributed by atoms with E-state index in [9.17, 15) is 8.42 Å². The summed E-state index contributed by atoms with van der Waals surface area (Å²) < 4.78 is 33.9. The van der Waals surface area contributed by atoms with Gasteiger partial charge in [0.05, 0.1) is 23.1 Å². The van der Waals surface area contributed by atoms with Crippen LogP contribution in [-0.4, -0.2) is 60.4 Å². The Morgan fingerprint density at radius 3 is 2.33 bits per heavy atom. The molecule has 0 spiro atoms. The number of rotatable bonds is 10. The van der Waals surface area contributed by atoms with Crippen LogP contribution >= 0.6 is 0 Å². The molecule has 1 fully saturated rings. The van der Waals surface area contributed by atoms with E-state index in [2.05, 4.69) is 43.1 Å². The van der Waals surface area contributed by atoms with Crippen LogP contribution in [-0.2, 0) is 10.0 Å². The van der Waals surface area contributed by atoms with E-state index in [0.29, 0.717) is 49.3 Å². The van der Waals surface area contributed by atoms with E-state index in [4.69, 9.17) is 14.7 Å². The second kappa shape index (κ2) is 12.3. The van der Waals surface area contributed by atoms with Crippen LogP contribution in [0.25, 0.3) is 10.9 Å². The van der Waals surface area contributed by atoms with E-state index in [0.717, 1.165) is 35.2 Å². The van der Waals surface area contributed by atoms with E-state index < -0.39 is 10.0 Å². The average molecular weight is 560 g/mol. The molecule has 1 saturated heterocycles. The van der Waals surface area contributed by atoms with Gasteiger partial charge in [0.2, 0.25) is 10.0 Å². The Kier molecular flexibility index (Phi) is 8.63. The Bertz CT molecular complexity index is 1530. The predicted octanol–water partition coefficient (Wildman–Crippen LogP) is 5.93. The quantitative estimate of drug-likeness (QED) is 0.241. The Hall–Kier alpha value is -3.53. The third-order valence-corrected chi connectivity index (χ3v) is 9.27. The van der Waals surface area contributed by atoms with Gasteiger partial charge in [-0.2, -0.15) is 4.31 Å². The zero-order valence-electron chi connectivity index (χ0n) is 23.4. The first-order valence-electron chi connectivity index (χ1n) is 13.9. The van der Waals surface area contributed by atoms with Gasteiger partial charge < -0.3 is 10.1 Å². The molecule has 0 amide bonds. The fraction of sp³-hybridized carbons (Fsp3) is 0.355. The second-order valence-corrected chi connectivity index (χ2v) is 12.2. The molecule has 4 aromatic rings. The van der Waals surface area contributed by atoms with E-state index in [-0.39, 0.29) is 6.04 Å². The molecule has 5 rings (SSSR count). The number of para-hydroxylation sites is 1. The van der Waals surface area contributed by atoms with Crippen molar-refractivity contribution in [3.8, 4) is 5.75 Å². The fourth-order valence-electron chi connectivity index (χ4n) is 4.84. The van der Waals surface area contributed by atoms with E-state index >= 15 is 0 Å². The number of fused-ring (bicyclic) bond motifs is 1. The van der Waals surface area contributed by atoms with Gasteiger partial charge in [0.25, 0.3) is 0 Å². The van der Waals surface area contributed by atoms with Crippen LogP contribution in [0.3, 0.4) is 0 Å². The van der Waals surface area contributed by atoms with Crippen LogP contribution in [0.4, 0.5) is 11.5 Å². The predicted molar refractivity (Wildman–Crippen MR) is 160 cm³/mol. The van der Waals surface area contributed by atoms with Crippen molar-refractivity contribution in [1.82, 2.24) is 19.2 Å². The van der Waals surface area contributed by atoms with Gasteiger partial charge in [0, 0.05) is 37.3 Å². The lowest BCUT2D eigenvalue weighted by Gasteiger charge is -2.36. The lowest BCUT2D eigenvalue weighted by molar-refractivity contribution is 0.141. The van der Waals surface area contributed by atoms with E-state index in [1.54, 1.807) is 28.6 Å². The molecule has 0 unspecified atom stereocenters. The highest BCUT2D eigenvalue weighted by Crippen LogP contribution is 2.29. The second-order valence-electron chi connectivity index (χ2n) is 10.2. The number of nitrogens with zero attached hydrogens (tertiary/aromatic N) is 4. The maximum absolute atomic E-state index is 13.3. The lowest BCUT2D eigenvalue weighted by Crippen LogP contribution is -2.49. The van der Waals surface area contributed by atoms with Crippen LogP contribution in [0.2, 0.25) is 0 Å². The summed E-state index contributed by atoms with van der Waals surface area (Å²) in [5, 5.41) is 4.42. The first kappa shape index (κ1) is 28.0. The van der Waals surface area contributed by atoms with Crippen LogP contribution in [0.15, 0.2) is 77.7 Å². The molecule has 1 N–H and O–H groups in total. The van der Waals surface area contributed by atoms with Crippen molar-refractivity contribution in [2.75, 3.05) is 38.1 Å². The maximum Gasteiger partial charge on any atom is 0.243 e. The summed E-state index contributed by atoms with van der Waals surface area (Å²) in [5.41, 5.74) is 3.03. The highest BCUT2D eigenvalue weighted by atomic mass is 32.2. The standard InChI is InChI=1S/C31H37N5O3S/c1-4-5-22-39-26-14-16-27(17-15-26)40(37,38)36-20-18-35(19-21-36)24(3)30-33-29-9-7-6-8-28(29)31(34-30)32-25-12-10-23(2)11-13-25/h6-17,24H,4-5,18-22H2,1-3H3,(H,32,33,34)/t24-/m0/s1. The van der Waals surface area contributed by atoms with E-state index in [1.165, 1.54) is 5.56 Å². The van der Waals surface area contributed by atoms with Gasteiger partial charge in [0.15, 0.2) is 0 Å². The molecule has 1 aromatic heterocycles. The third kappa shape index (κ3) is 6.27. The average Bonchev–Trinajstić information content (AvgIpc) is 2.98. The van der Waals surface area contributed by atoms with Crippen LogP contribution in [0.5, 0.6) is 5.75 Å². The number of unbranched alkanes of at least 4 members (excludes halogenated alkanes) is 1. The zero-order chi connectivity index (χ0) is 28.1. The molecule has 9 heteroatoms. The Morgan fingerprint density at radius 2 is 1.62 bits per heavy atom. The number of sulfonamides is 1. The summed E-state index contributed by atoms with van der Waals surface area (Å²) in [4.78, 5) is 12.4. The smallest absolute Gasteiger partial charge is 0.243 e. The highest BCUT2D eigenvalue weighted by molar-refractivity contribution is 7.89. The molecule has 1 atom stereocenters. The third-order valence-electron chi connectivity index (χ3n) is 7.36. The topological polar surface area (TPSA) is 87.7 Å². The van der Waals surface area contributed by atoms with Crippen LogP contribution < -0.4 is 10.1 Å². The molecule has 8 nitrogen and oxygen atoms in total. The molecular weight excluding hydrogens is 522 g/mol. The molecule has 3 aromatic carbocycles. The van der Waals surface area contributed by atoms with Crippen LogP contribution in [0.1, 0.15) is 44.1 Å². The van der Waals surface area contributed by atoms with E-state index in [1.807, 2.05) is 36.4 Å². The number of hydrogen-bond donors (Lipinski definition) is 1. The number of anilines is 2. The van der Waals surface area contributed by atoms with Crippen molar-refractivity contribution < 1.29 is 13.2 Å². The summed E-state index contributed by atoms with van der Waals surface area (Å²) in [6.07, 6.45) is 2.02. The molecule has 1 aliphatic rings. The van der Waals surface area contributed by atoms with Gasteiger partial charge in [-0.3, -0.25) is 4.90 Å². The molecule has 0 aliphatic carbocycles. The largest absolute Gasteiger partial charge is 0.494 e. The minimum Gasteiger partial charge on any atom is -0.494 e. The Labute approximate surface area is 237 Å². The number of benzene rings is 3. The lowest BCUT2D eigenvalue weighted by atomic mass is 10.2. The van der Waals surface area contributed by atoms with Crippen molar-refractivity contribution in [1.29, 1.82) is 0 Å². The molecule has 0 bridgehead atoms. The molecule has 1 aliphatic heterocycles.